The highest BCUT2D eigenvalue weighted by molar-refractivity contribution is 7.18. The lowest BCUT2D eigenvalue weighted by atomic mass is 10.1. The largest absolute Gasteiger partial charge is 0.493 e. The van der Waals surface area contributed by atoms with Gasteiger partial charge in [0.25, 0.3) is 0 Å². The summed E-state index contributed by atoms with van der Waals surface area (Å²) in [6.07, 6.45) is 1.12. The number of hydrogen-bond donors (Lipinski definition) is 1. The second-order valence-electron chi connectivity index (χ2n) is 6.28. The summed E-state index contributed by atoms with van der Waals surface area (Å²) >= 11 is 1.62. The number of carbonyl (C=O) groups is 1. The number of hydrogen-bond acceptors (Lipinski definition) is 4. The molecule has 0 saturated carbocycles. The Balaban J connectivity index is 1.23. The van der Waals surface area contributed by atoms with Crippen LogP contribution in [0.1, 0.15) is 17.8 Å². The minimum atomic E-state index is 0.0239. The molecule has 0 aliphatic carbocycles. The summed E-state index contributed by atoms with van der Waals surface area (Å²) in [5.41, 5.74) is 0.982. The molecular weight excluding hydrogens is 356 g/mol. The third-order valence-electron chi connectivity index (χ3n) is 4.33. The Bertz CT molecular complexity index is 1040. The molecule has 1 aromatic heterocycles. The number of aromatic nitrogens is 1. The van der Waals surface area contributed by atoms with Crippen molar-refractivity contribution in [3.05, 3.63) is 71.7 Å². The third kappa shape index (κ3) is 4.26. The van der Waals surface area contributed by atoms with Crippen LogP contribution in [0, 0.1) is 0 Å². The van der Waals surface area contributed by atoms with Crippen LogP contribution in [0.15, 0.2) is 66.7 Å². The Labute approximate surface area is 161 Å². The number of nitrogens with zero attached hydrogens (tertiary/aromatic N) is 1. The Kier molecular flexibility index (Phi) is 5.30. The zero-order valence-corrected chi connectivity index (χ0v) is 15.7. The quantitative estimate of drug-likeness (QED) is 0.466. The van der Waals surface area contributed by atoms with E-state index in [-0.39, 0.29) is 5.91 Å². The molecule has 0 unspecified atom stereocenters. The van der Waals surface area contributed by atoms with Gasteiger partial charge in [-0.05, 0) is 30.0 Å². The molecule has 0 bridgehead atoms. The SMILES string of the molecule is O=C(CCCOc1cccc2ccccc12)NCc1nc2ccccc2s1. The van der Waals surface area contributed by atoms with Gasteiger partial charge in [0.2, 0.25) is 5.91 Å². The lowest BCUT2D eigenvalue weighted by Gasteiger charge is -2.09. The average Bonchev–Trinajstić information content (AvgIpc) is 3.13. The molecule has 0 saturated heterocycles. The molecule has 0 aliphatic rings. The van der Waals surface area contributed by atoms with Crippen LogP contribution in [-0.4, -0.2) is 17.5 Å². The van der Waals surface area contributed by atoms with E-state index in [2.05, 4.69) is 28.5 Å². The van der Waals surface area contributed by atoms with Gasteiger partial charge in [0, 0.05) is 11.8 Å². The standard InChI is InChI=1S/C22H20N2O2S/c25-21(23-15-22-24-18-10-3-4-12-20(18)27-22)13-6-14-26-19-11-5-8-16-7-1-2-9-17(16)19/h1-5,7-12H,6,13-15H2,(H,23,25). The average molecular weight is 376 g/mol. The van der Waals surface area contributed by atoms with E-state index in [9.17, 15) is 4.79 Å². The fraction of sp³-hybridized carbons (Fsp3) is 0.182. The summed E-state index contributed by atoms with van der Waals surface area (Å²) < 4.78 is 7.03. The Morgan fingerprint density at radius 2 is 1.81 bits per heavy atom. The highest BCUT2D eigenvalue weighted by Gasteiger charge is 2.06. The highest BCUT2D eigenvalue weighted by atomic mass is 32.1. The van der Waals surface area contributed by atoms with Crippen molar-refractivity contribution in [1.82, 2.24) is 10.3 Å². The molecule has 1 amide bonds. The summed E-state index contributed by atoms with van der Waals surface area (Å²) in [4.78, 5) is 16.6. The maximum Gasteiger partial charge on any atom is 0.220 e. The first-order chi connectivity index (χ1) is 13.3. The van der Waals surface area contributed by atoms with Gasteiger partial charge in [-0.2, -0.15) is 0 Å². The predicted octanol–water partition coefficient (Wildman–Crippen LogP) is 4.92. The van der Waals surface area contributed by atoms with E-state index in [1.54, 1.807) is 11.3 Å². The van der Waals surface area contributed by atoms with Crippen LogP contribution in [0.3, 0.4) is 0 Å². The van der Waals surface area contributed by atoms with Gasteiger partial charge >= 0.3 is 0 Å². The van der Waals surface area contributed by atoms with E-state index in [1.165, 1.54) is 0 Å². The van der Waals surface area contributed by atoms with Crippen LogP contribution in [0.4, 0.5) is 0 Å². The normalized spacial score (nSPS) is 11.0. The molecule has 4 nitrogen and oxygen atoms in total. The Morgan fingerprint density at radius 1 is 1.00 bits per heavy atom. The summed E-state index contributed by atoms with van der Waals surface area (Å²) in [7, 11) is 0. The maximum absolute atomic E-state index is 12.1. The fourth-order valence-electron chi connectivity index (χ4n) is 2.99. The van der Waals surface area contributed by atoms with Gasteiger partial charge in [0.15, 0.2) is 0 Å². The van der Waals surface area contributed by atoms with Crippen molar-refractivity contribution in [3.63, 3.8) is 0 Å². The topological polar surface area (TPSA) is 51.2 Å². The number of carbonyl (C=O) groups excluding carboxylic acids is 1. The number of ether oxygens (including phenoxy) is 1. The summed E-state index contributed by atoms with van der Waals surface area (Å²) in [6.45, 7) is 0.991. The zero-order valence-electron chi connectivity index (χ0n) is 14.9. The van der Waals surface area contributed by atoms with Crippen molar-refractivity contribution < 1.29 is 9.53 Å². The van der Waals surface area contributed by atoms with Crippen LogP contribution in [0.25, 0.3) is 21.0 Å². The van der Waals surface area contributed by atoms with Gasteiger partial charge in [-0.15, -0.1) is 11.3 Å². The van der Waals surface area contributed by atoms with E-state index >= 15 is 0 Å². The molecule has 0 spiro atoms. The van der Waals surface area contributed by atoms with Crippen molar-refractivity contribution in [2.24, 2.45) is 0 Å². The van der Waals surface area contributed by atoms with E-state index in [0.29, 0.717) is 26.0 Å². The molecular formula is C22H20N2O2S. The second-order valence-corrected chi connectivity index (χ2v) is 7.40. The molecule has 4 aromatic rings. The van der Waals surface area contributed by atoms with Gasteiger partial charge in [0.1, 0.15) is 10.8 Å². The van der Waals surface area contributed by atoms with Crippen LogP contribution in [0.2, 0.25) is 0 Å². The number of rotatable bonds is 7. The zero-order chi connectivity index (χ0) is 18.5. The molecule has 27 heavy (non-hydrogen) atoms. The Hall–Kier alpha value is -2.92. The van der Waals surface area contributed by atoms with Gasteiger partial charge in [-0.3, -0.25) is 4.79 Å². The van der Waals surface area contributed by atoms with E-state index in [1.807, 2.05) is 48.5 Å². The third-order valence-corrected chi connectivity index (χ3v) is 5.37. The lowest BCUT2D eigenvalue weighted by molar-refractivity contribution is -0.121. The van der Waals surface area contributed by atoms with Crippen LogP contribution >= 0.6 is 11.3 Å². The van der Waals surface area contributed by atoms with Crippen LogP contribution in [-0.2, 0) is 11.3 Å². The fourth-order valence-corrected chi connectivity index (χ4v) is 3.90. The first-order valence-corrected chi connectivity index (χ1v) is 9.83. The van der Waals surface area contributed by atoms with Crippen molar-refractivity contribution >= 4 is 38.2 Å². The van der Waals surface area contributed by atoms with Crippen molar-refractivity contribution in [1.29, 1.82) is 0 Å². The summed E-state index contributed by atoms with van der Waals surface area (Å²) in [5, 5.41) is 6.12. The summed E-state index contributed by atoms with van der Waals surface area (Å²) in [5.74, 6) is 0.888. The predicted molar refractivity (Wildman–Crippen MR) is 110 cm³/mol. The molecule has 0 aliphatic heterocycles. The van der Waals surface area contributed by atoms with Crippen LogP contribution < -0.4 is 10.1 Å². The number of thiazole rings is 1. The van der Waals surface area contributed by atoms with Crippen molar-refractivity contribution in [3.8, 4) is 5.75 Å². The smallest absolute Gasteiger partial charge is 0.220 e. The second kappa shape index (κ2) is 8.18. The molecule has 0 fully saturated rings. The summed E-state index contributed by atoms with van der Waals surface area (Å²) in [6, 6.07) is 22.2. The Morgan fingerprint density at radius 3 is 2.74 bits per heavy atom. The minimum Gasteiger partial charge on any atom is -0.493 e. The molecule has 1 heterocycles. The molecule has 4 rings (SSSR count). The highest BCUT2D eigenvalue weighted by Crippen LogP contribution is 2.25. The monoisotopic (exact) mass is 376 g/mol. The molecule has 136 valence electrons. The van der Waals surface area contributed by atoms with Gasteiger partial charge in [-0.25, -0.2) is 4.98 Å². The van der Waals surface area contributed by atoms with Gasteiger partial charge in [-0.1, -0.05) is 48.5 Å². The van der Waals surface area contributed by atoms with Gasteiger partial charge < -0.3 is 10.1 Å². The van der Waals surface area contributed by atoms with E-state index in [4.69, 9.17) is 4.74 Å². The first-order valence-electron chi connectivity index (χ1n) is 9.01. The number of fused-ring (bicyclic) bond motifs is 2. The number of benzene rings is 3. The van der Waals surface area contributed by atoms with Crippen molar-refractivity contribution in [2.75, 3.05) is 6.61 Å². The number of nitrogens with one attached hydrogen (secondary N) is 1. The lowest BCUT2D eigenvalue weighted by Crippen LogP contribution is -2.22. The van der Waals surface area contributed by atoms with Gasteiger partial charge in [0.05, 0.1) is 23.4 Å². The number of amides is 1. The molecule has 0 radical (unpaired) electrons. The van der Waals surface area contributed by atoms with E-state index in [0.717, 1.165) is 31.7 Å². The minimum absolute atomic E-state index is 0.0239. The maximum atomic E-state index is 12.1. The molecule has 1 N–H and O–H groups in total. The number of para-hydroxylation sites is 1. The molecule has 5 heteroatoms. The molecule has 0 atom stereocenters. The van der Waals surface area contributed by atoms with E-state index < -0.39 is 0 Å². The first kappa shape index (κ1) is 17.5. The molecule has 3 aromatic carbocycles. The van der Waals surface area contributed by atoms with Crippen molar-refractivity contribution in [2.45, 2.75) is 19.4 Å². The van der Waals surface area contributed by atoms with Crippen LogP contribution in [0.5, 0.6) is 5.75 Å².